The highest BCUT2D eigenvalue weighted by atomic mass is 28.4. The largest absolute Gasteiger partial charge is 0.406 e. The number of allylic oxidation sites excluding steroid dienone is 1. The van der Waals surface area contributed by atoms with E-state index < -0.39 is 13.9 Å². The van der Waals surface area contributed by atoms with Gasteiger partial charge in [-0.2, -0.15) is 0 Å². The summed E-state index contributed by atoms with van der Waals surface area (Å²) in [5.41, 5.74) is 0.677. The molecule has 1 fully saturated rings. The van der Waals surface area contributed by atoms with Crippen molar-refractivity contribution in [2.75, 3.05) is 6.61 Å². The molecule has 2 unspecified atom stereocenters. The average Bonchev–Trinajstić information content (AvgIpc) is 2.41. The van der Waals surface area contributed by atoms with Gasteiger partial charge in [-0.3, -0.25) is 0 Å². The first-order chi connectivity index (χ1) is 11.2. The Morgan fingerprint density at radius 3 is 2.40 bits per heavy atom. The van der Waals surface area contributed by atoms with Gasteiger partial charge in [-0.15, -0.1) is 0 Å². The van der Waals surface area contributed by atoms with E-state index in [0.29, 0.717) is 18.9 Å². The van der Waals surface area contributed by atoms with E-state index in [-0.39, 0.29) is 10.5 Å². The van der Waals surface area contributed by atoms with Gasteiger partial charge in [0.15, 0.2) is 8.32 Å². The molecule has 0 aromatic heterocycles. The van der Waals surface area contributed by atoms with Crippen molar-refractivity contribution in [1.29, 1.82) is 0 Å². The fourth-order valence-corrected chi connectivity index (χ4v) is 4.28. The highest BCUT2D eigenvalue weighted by Gasteiger charge is 2.37. The SMILES string of the molecule is C=C1CCCC(C)(C)C1CCC(C)(O)C#CCO[Si](C)(C)C(C)(C)C. The lowest BCUT2D eigenvalue weighted by atomic mass is 9.64. The second-order valence-electron chi connectivity index (χ2n) is 10.2. The molecule has 3 heteroatoms. The van der Waals surface area contributed by atoms with Crippen LogP contribution in [0, 0.1) is 23.2 Å². The van der Waals surface area contributed by atoms with E-state index in [9.17, 15) is 5.11 Å². The predicted octanol–water partition coefficient (Wildman–Crippen LogP) is 5.93. The van der Waals surface area contributed by atoms with Crippen molar-refractivity contribution in [3.8, 4) is 11.8 Å². The van der Waals surface area contributed by atoms with Crippen LogP contribution in [0.15, 0.2) is 12.2 Å². The molecule has 1 aliphatic carbocycles. The van der Waals surface area contributed by atoms with Gasteiger partial charge in [-0.05, 0) is 68.5 Å². The van der Waals surface area contributed by atoms with Gasteiger partial charge in [0.2, 0.25) is 0 Å². The number of aliphatic hydroxyl groups is 1. The van der Waals surface area contributed by atoms with Gasteiger partial charge in [0, 0.05) is 0 Å². The van der Waals surface area contributed by atoms with Crippen LogP contribution in [-0.4, -0.2) is 25.6 Å². The quantitative estimate of drug-likeness (QED) is 0.372. The molecule has 1 N–H and O–H groups in total. The second kappa shape index (κ2) is 7.99. The van der Waals surface area contributed by atoms with E-state index in [1.165, 1.54) is 18.4 Å². The Balaban J connectivity index is 2.58. The van der Waals surface area contributed by atoms with Gasteiger partial charge < -0.3 is 9.53 Å². The summed E-state index contributed by atoms with van der Waals surface area (Å²) >= 11 is 0. The highest BCUT2D eigenvalue weighted by molar-refractivity contribution is 6.74. The molecule has 25 heavy (non-hydrogen) atoms. The maximum atomic E-state index is 10.6. The third-order valence-electron chi connectivity index (χ3n) is 6.34. The molecule has 0 radical (unpaired) electrons. The molecule has 2 nitrogen and oxygen atoms in total. The second-order valence-corrected chi connectivity index (χ2v) is 15.0. The molecule has 0 saturated heterocycles. The summed E-state index contributed by atoms with van der Waals surface area (Å²) in [5, 5.41) is 10.8. The zero-order valence-electron chi connectivity index (χ0n) is 17.9. The molecule has 1 aliphatic rings. The Kier molecular flexibility index (Phi) is 7.18. The molecule has 0 amide bonds. The van der Waals surface area contributed by atoms with E-state index in [2.05, 4.69) is 66.1 Å². The lowest BCUT2D eigenvalue weighted by Crippen LogP contribution is -2.40. The first-order valence-corrected chi connectivity index (χ1v) is 12.6. The molecule has 0 aromatic carbocycles. The molecule has 0 spiro atoms. The first-order valence-electron chi connectivity index (χ1n) is 9.72. The third-order valence-corrected chi connectivity index (χ3v) is 10.8. The van der Waals surface area contributed by atoms with Crippen molar-refractivity contribution in [2.24, 2.45) is 11.3 Å². The summed E-state index contributed by atoms with van der Waals surface area (Å²) in [6.45, 7) is 22.3. The first kappa shape index (κ1) is 22.5. The summed E-state index contributed by atoms with van der Waals surface area (Å²) < 4.78 is 6.07. The minimum atomic E-state index is -1.77. The minimum absolute atomic E-state index is 0.185. The Morgan fingerprint density at radius 2 is 1.88 bits per heavy atom. The monoisotopic (exact) mass is 364 g/mol. The van der Waals surface area contributed by atoms with Crippen molar-refractivity contribution >= 4 is 8.32 Å². The Morgan fingerprint density at radius 1 is 1.28 bits per heavy atom. The molecule has 0 aliphatic heterocycles. The fourth-order valence-electron chi connectivity index (χ4n) is 3.41. The summed E-state index contributed by atoms with van der Waals surface area (Å²) in [6.07, 6.45) is 5.25. The van der Waals surface area contributed by atoms with E-state index in [4.69, 9.17) is 4.43 Å². The maximum absolute atomic E-state index is 10.6. The van der Waals surface area contributed by atoms with Crippen molar-refractivity contribution in [2.45, 2.75) is 97.4 Å². The Bertz CT molecular complexity index is 526. The van der Waals surface area contributed by atoms with Crippen LogP contribution in [0.1, 0.15) is 73.6 Å². The van der Waals surface area contributed by atoms with Crippen molar-refractivity contribution < 1.29 is 9.53 Å². The maximum Gasteiger partial charge on any atom is 0.193 e. The Hall–Kier alpha value is -0.563. The molecule has 144 valence electrons. The van der Waals surface area contributed by atoms with E-state index in [1.807, 2.05) is 6.92 Å². The van der Waals surface area contributed by atoms with Crippen LogP contribution in [-0.2, 0) is 4.43 Å². The van der Waals surface area contributed by atoms with Crippen LogP contribution in [0.2, 0.25) is 18.1 Å². The summed E-state index contributed by atoms with van der Waals surface area (Å²) in [6, 6.07) is 0. The van der Waals surface area contributed by atoms with Crippen molar-refractivity contribution in [1.82, 2.24) is 0 Å². The molecule has 0 heterocycles. The zero-order chi connectivity index (χ0) is 19.5. The topological polar surface area (TPSA) is 29.5 Å². The highest BCUT2D eigenvalue weighted by Crippen LogP contribution is 2.45. The number of hydrogen-bond donors (Lipinski definition) is 1. The summed E-state index contributed by atoms with van der Waals surface area (Å²) in [5.74, 6) is 6.59. The van der Waals surface area contributed by atoms with Gasteiger partial charge in [-0.25, -0.2) is 0 Å². The number of rotatable bonds is 5. The molecular formula is C22H40O2Si. The van der Waals surface area contributed by atoms with Crippen molar-refractivity contribution in [3.63, 3.8) is 0 Å². The van der Waals surface area contributed by atoms with Gasteiger partial charge in [-0.1, -0.05) is 58.6 Å². The van der Waals surface area contributed by atoms with Crippen molar-refractivity contribution in [3.05, 3.63) is 12.2 Å². The zero-order valence-corrected chi connectivity index (χ0v) is 18.9. The fraction of sp³-hybridized carbons (Fsp3) is 0.818. The molecule has 0 aromatic rings. The molecule has 1 saturated carbocycles. The van der Waals surface area contributed by atoms with Gasteiger partial charge in [0.05, 0.1) is 6.61 Å². The Labute approximate surface area is 157 Å². The molecular weight excluding hydrogens is 324 g/mol. The van der Waals surface area contributed by atoms with Gasteiger partial charge in [0.1, 0.15) is 5.60 Å². The summed E-state index contributed by atoms with van der Waals surface area (Å²) in [7, 11) is -1.77. The smallest absolute Gasteiger partial charge is 0.193 e. The third kappa shape index (κ3) is 6.59. The van der Waals surface area contributed by atoms with Crippen LogP contribution >= 0.6 is 0 Å². The number of hydrogen-bond acceptors (Lipinski definition) is 2. The average molecular weight is 365 g/mol. The molecule has 0 bridgehead atoms. The lowest BCUT2D eigenvalue weighted by molar-refractivity contribution is 0.0872. The van der Waals surface area contributed by atoms with E-state index in [0.717, 1.165) is 12.8 Å². The normalized spacial score (nSPS) is 23.6. The van der Waals surface area contributed by atoms with Crippen LogP contribution in [0.25, 0.3) is 0 Å². The van der Waals surface area contributed by atoms with Crippen LogP contribution < -0.4 is 0 Å². The predicted molar refractivity (Wildman–Crippen MR) is 111 cm³/mol. The van der Waals surface area contributed by atoms with Crippen LogP contribution in [0.3, 0.4) is 0 Å². The minimum Gasteiger partial charge on any atom is -0.406 e. The van der Waals surface area contributed by atoms with Crippen LogP contribution in [0.4, 0.5) is 0 Å². The van der Waals surface area contributed by atoms with Gasteiger partial charge >= 0.3 is 0 Å². The molecule has 1 rings (SSSR count). The van der Waals surface area contributed by atoms with E-state index in [1.54, 1.807) is 0 Å². The summed E-state index contributed by atoms with van der Waals surface area (Å²) in [4.78, 5) is 0. The van der Waals surface area contributed by atoms with E-state index >= 15 is 0 Å². The standard InChI is InChI=1S/C22H40O2Si/c1-18-12-10-14-21(5,6)19(18)13-16-22(7,23)15-11-17-24-25(8,9)20(2,3)4/h19,23H,1,10,12-14,16-17H2,2-9H3. The van der Waals surface area contributed by atoms with Crippen LogP contribution in [0.5, 0.6) is 0 Å². The molecule has 2 atom stereocenters. The van der Waals surface area contributed by atoms with Gasteiger partial charge in [0.25, 0.3) is 0 Å². The lowest BCUT2D eigenvalue weighted by Gasteiger charge is -2.41.